The Labute approximate surface area is 459 Å². The van der Waals surface area contributed by atoms with Gasteiger partial charge in [-0.3, -0.25) is 19.2 Å². The van der Waals surface area contributed by atoms with Crippen LogP contribution in [-0.4, -0.2) is 141 Å². The minimum absolute atomic E-state index is 0.154. The van der Waals surface area contributed by atoms with Gasteiger partial charge in [0.2, 0.25) is 0 Å². The van der Waals surface area contributed by atoms with E-state index in [4.69, 9.17) is 56.8 Å². The molecule has 0 atom stereocenters. The van der Waals surface area contributed by atoms with E-state index >= 15 is 9.59 Å². The van der Waals surface area contributed by atoms with E-state index in [0.29, 0.717) is 146 Å². The van der Waals surface area contributed by atoms with Crippen LogP contribution in [0.4, 0.5) is 0 Å². The lowest BCUT2D eigenvalue weighted by atomic mass is 9.88. The van der Waals surface area contributed by atoms with E-state index in [-0.39, 0.29) is 85.8 Å². The summed E-state index contributed by atoms with van der Waals surface area (Å²) in [5.74, 6) is 1.41. The Morgan fingerprint density at radius 3 is 0.887 bits per heavy atom. The van der Waals surface area contributed by atoms with Crippen LogP contribution in [0.15, 0.2) is 141 Å². The highest BCUT2D eigenvalue weighted by Gasteiger charge is 2.26. The van der Waals surface area contributed by atoms with Gasteiger partial charge in [0, 0.05) is 23.3 Å². The standard InChI is InChI=1S/C62H60N2O16/c65-59-49-37-43-36-48-44(35-47(43)55(41-7-3-1-4-8-41)57(49)61(67)63(59)45-11-13-51-53(39-45)79-33-29-75-25-21-71-17-15-69-19-23-73-27-31-77-51)38-50-58(56(48)42-9-5-2-6-10-42)62(68)64(60(50)66)46-12-14-52-54(40-46)80-34-30-76-26-22-72-18-16-70-20-24-74-28-32-78-52/h1-14,35-40H,15-34H2. The van der Waals surface area contributed by atoms with E-state index in [2.05, 4.69) is 0 Å². The molecule has 0 amide bonds. The minimum atomic E-state index is -0.533. The van der Waals surface area contributed by atoms with Crippen LogP contribution < -0.4 is 41.2 Å². The predicted octanol–water partition coefficient (Wildman–Crippen LogP) is 7.21. The molecule has 0 bridgehead atoms. The van der Waals surface area contributed by atoms with Gasteiger partial charge in [-0.25, -0.2) is 9.13 Å². The molecule has 0 spiro atoms. The van der Waals surface area contributed by atoms with Crippen molar-refractivity contribution in [3.63, 3.8) is 0 Å². The summed E-state index contributed by atoms with van der Waals surface area (Å²) >= 11 is 0. The Hall–Kier alpha value is -7.78. The number of benzene rings is 7. The average molecular weight is 1090 g/mol. The first-order valence-corrected chi connectivity index (χ1v) is 26.9. The number of nitrogens with zero attached hydrogens (tertiary/aromatic N) is 2. The average Bonchev–Trinajstić information content (AvgIpc) is 4.12. The van der Waals surface area contributed by atoms with Crippen LogP contribution in [0.2, 0.25) is 0 Å². The molecule has 80 heavy (non-hydrogen) atoms. The zero-order valence-electron chi connectivity index (χ0n) is 44.1. The van der Waals surface area contributed by atoms with Crippen molar-refractivity contribution in [3.05, 3.63) is 163 Å². The lowest BCUT2D eigenvalue weighted by molar-refractivity contribution is -0.00841. The maximum Gasteiger partial charge on any atom is 0.266 e. The zero-order chi connectivity index (χ0) is 54.6. The molecule has 7 aromatic carbocycles. The fourth-order valence-corrected chi connectivity index (χ4v) is 10.1. The van der Waals surface area contributed by atoms with Crippen LogP contribution in [-0.2, 0) is 37.9 Å². The number of fused-ring (bicyclic) bond motifs is 6. The molecule has 0 N–H and O–H groups in total. The Morgan fingerprint density at radius 2 is 0.562 bits per heavy atom. The summed E-state index contributed by atoms with van der Waals surface area (Å²) in [5.41, 5.74) is 0.903. The Bertz CT molecular complexity index is 3570. The monoisotopic (exact) mass is 1090 g/mol. The summed E-state index contributed by atoms with van der Waals surface area (Å²) in [5, 5.41) is 3.42. The Kier molecular flexibility index (Phi) is 17.6. The second-order valence-corrected chi connectivity index (χ2v) is 18.8. The van der Waals surface area contributed by atoms with Crippen molar-refractivity contribution in [3.8, 4) is 56.6 Å². The van der Waals surface area contributed by atoms with E-state index in [9.17, 15) is 9.59 Å². The molecule has 11 rings (SSSR count). The fraction of sp³-hybridized carbons (Fsp3) is 0.323. The van der Waals surface area contributed by atoms with Crippen LogP contribution in [0.3, 0.4) is 0 Å². The van der Waals surface area contributed by atoms with E-state index in [0.717, 1.165) is 9.13 Å². The molecule has 2 aliphatic heterocycles. The molecular formula is C62H60N2O16. The molecule has 9 aromatic rings. The molecule has 18 nitrogen and oxygen atoms in total. The van der Waals surface area contributed by atoms with Gasteiger partial charge in [0.05, 0.1) is 139 Å². The summed E-state index contributed by atoms with van der Waals surface area (Å²) in [4.78, 5) is 60.2. The summed E-state index contributed by atoms with van der Waals surface area (Å²) < 4.78 is 72.0. The number of rotatable bonds is 4. The van der Waals surface area contributed by atoms with Gasteiger partial charge in [-0.1, -0.05) is 60.7 Å². The third kappa shape index (κ3) is 11.9. The van der Waals surface area contributed by atoms with E-state index in [1.807, 2.05) is 72.8 Å². The van der Waals surface area contributed by atoms with Crippen LogP contribution in [0.1, 0.15) is 0 Å². The summed E-state index contributed by atoms with van der Waals surface area (Å²) in [6, 6.07) is 36.1. The molecular weight excluding hydrogens is 1030 g/mol. The van der Waals surface area contributed by atoms with Crippen molar-refractivity contribution < 1.29 is 56.8 Å². The second-order valence-electron chi connectivity index (χ2n) is 18.8. The van der Waals surface area contributed by atoms with Crippen molar-refractivity contribution in [1.82, 2.24) is 9.13 Å². The molecule has 0 aliphatic carbocycles. The minimum Gasteiger partial charge on any atom is -0.487 e. The maximum atomic E-state index is 15.1. The van der Waals surface area contributed by atoms with Gasteiger partial charge in [0.15, 0.2) is 23.0 Å². The van der Waals surface area contributed by atoms with Crippen LogP contribution in [0, 0.1) is 0 Å². The van der Waals surface area contributed by atoms with Crippen LogP contribution in [0.5, 0.6) is 23.0 Å². The normalized spacial score (nSPS) is 16.7. The van der Waals surface area contributed by atoms with Gasteiger partial charge in [-0.15, -0.1) is 0 Å². The van der Waals surface area contributed by atoms with Gasteiger partial charge in [0.1, 0.15) is 26.4 Å². The lowest BCUT2D eigenvalue weighted by Crippen LogP contribution is -2.23. The molecule has 0 saturated heterocycles. The lowest BCUT2D eigenvalue weighted by Gasteiger charge is -2.15. The van der Waals surface area contributed by atoms with Crippen molar-refractivity contribution in [2.45, 2.75) is 0 Å². The van der Waals surface area contributed by atoms with E-state index in [1.54, 1.807) is 48.5 Å². The predicted molar refractivity (Wildman–Crippen MR) is 302 cm³/mol. The first kappa shape index (κ1) is 54.2. The van der Waals surface area contributed by atoms with E-state index in [1.165, 1.54) is 0 Å². The SMILES string of the molecule is O=c1c2cc3cc4c(-c5ccccc5)c5c(=O)n(-c6ccc7c(c6)OCCOCCOCCOCCOCCO7)c(=O)c5cc4cc3c(-c3ccccc3)c2c(=O)n1-c1ccc2c(c1)OCCOCCOCCOCCOCCO2. The maximum absolute atomic E-state index is 15.1. The molecule has 0 radical (unpaired) electrons. The largest absolute Gasteiger partial charge is 0.487 e. The van der Waals surface area contributed by atoms with Gasteiger partial charge < -0.3 is 56.8 Å². The topological polar surface area (TPSA) is 189 Å². The van der Waals surface area contributed by atoms with Gasteiger partial charge in [-0.05, 0) is 81.2 Å². The highest BCUT2D eigenvalue weighted by Crippen LogP contribution is 2.42. The molecule has 0 fully saturated rings. The van der Waals surface area contributed by atoms with Crippen molar-refractivity contribution in [1.29, 1.82) is 0 Å². The number of ether oxygens (including phenoxy) is 12. The molecule has 2 aliphatic rings. The number of hydrogen-bond donors (Lipinski definition) is 0. The summed E-state index contributed by atoms with van der Waals surface area (Å²) in [6.45, 7) is 6.66. The Morgan fingerprint density at radius 1 is 0.275 bits per heavy atom. The van der Waals surface area contributed by atoms with Gasteiger partial charge in [0.25, 0.3) is 22.2 Å². The third-order valence-corrected chi connectivity index (χ3v) is 13.8. The number of aromatic nitrogens is 2. The molecule has 0 saturated carbocycles. The van der Waals surface area contributed by atoms with Crippen molar-refractivity contribution in [2.75, 3.05) is 132 Å². The van der Waals surface area contributed by atoms with Gasteiger partial charge >= 0.3 is 0 Å². The number of hydrogen-bond acceptors (Lipinski definition) is 16. The Balaban J connectivity index is 1.03. The highest BCUT2D eigenvalue weighted by molar-refractivity contribution is 6.20. The van der Waals surface area contributed by atoms with Crippen LogP contribution in [0.25, 0.3) is 76.7 Å². The van der Waals surface area contributed by atoms with Crippen LogP contribution >= 0.6 is 0 Å². The van der Waals surface area contributed by atoms with Crippen molar-refractivity contribution >= 4 is 43.1 Å². The smallest absolute Gasteiger partial charge is 0.266 e. The molecule has 18 heteroatoms. The van der Waals surface area contributed by atoms with Crippen molar-refractivity contribution in [2.24, 2.45) is 0 Å². The summed E-state index contributed by atoms with van der Waals surface area (Å²) in [6.07, 6.45) is 0. The van der Waals surface area contributed by atoms with E-state index < -0.39 is 22.2 Å². The first-order valence-electron chi connectivity index (χ1n) is 26.9. The molecule has 4 heterocycles. The zero-order valence-corrected chi connectivity index (χ0v) is 44.1. The molecule has 414 valence electrons. The van der Waals surface area contributed by atoms with Gasteiger partial charge in [-0.2, -0.15) is 0 Å². The highest BCUT2D eigenvalue weighted by atomic mass is 16.6. The second kappa shape index (κ2) is 26.0. The molecule has 2 aromatic heterocycles. The first-order chi connectivity index (χ1) is 39.4. The molecule has 0 unspecified atom stereocenters. The third-order valence-electron chi connectivity index (χ3n) is 13.8. The quantitative estimate of drug-likeness (QED) is 0.161. The summed E-state index contributed by atoms with van der Waals surface area (Å²) in [7, 11) is 0. The fourth-order valence-electron chi connectivity index (χ4n) is 10.1.